The van der Waals surface area contributed by atoms with E-state index in [1.165, 1.54) is 6.07 Å². The van der Waals surface area contributed by atoms with Crippen LogP contribution in [-0.4, -0.2) is 9.97 Å². The minimum Gasteiger partial charge on any atom is -0.322 e. The summed E-state index contributed by atoms with van der Waals surface area (Å²) in [6.07, 6.45) is 5.32. The van der Waals surface area contributed by atoms with E-state index < -0.39 is 0 Å². The topological polar surface area (TPSA) is 51.8 Å². The van der Waals surface area contributed by atoms with Crippen molar-refractivity contribution in [1.82, 2.24) is 9.97 Å². The standard InChI is InChI=1S/C12H11BrFN3/c13-12-8(2-1-3-9(12)14)6-10(15)11-7-16-4-5-17-11/h1-5,7,10H,6,15H2. The van der Waals surface area contributed by atoms with Gasteiger partial charge in [-0.25, -0.2) is 4.39 Å². The molecule has 1 unspecified atom stereocenters. The predicted octanol–water partition coefficient (Wildman–Crippen LogP) is 2.62. The Balaban J connectivity index is 2.19. The minimum atomic E-state index is -0.290. The van der Waals surface area contributed by atoms with Crippen LogP contribution < -0.4 is 5.73 Å². The molecule has 1 aromatic heterocycles. The van der Waals surface area contributed by atoms with Crippen LogP contribution in [0.4, 0.5) is 4.39 Å². The van der Waals surface area contributed by atoms with Crippen molar-refractivity contribution >= 4 is 15.9 Å². The number of hydrogen-bond donors (Lipinski definition) is 1. The molecule has 0 saturated carbocycles. The number of hydrogen-bond acceptors (Lipinski definition) is 3. The van der Waals surface area contributed by atoms with Crippen molar-refractivity contribution in [1.29, 1.82) is 0 Å². The van der Waals surface area contributed by atoms with Crippen LogP contribution >= 0.6 is 15.9 Å². The maximum atomic E-state index is 13.3. The Morgan fingerprint density at radius 1 is 1.35 bits per heavy atom. The maximum Gasteiger partial charge on any atom is 0.137 e. The van der Waals surface area contributed by atoms with Crippen LogP contribution in [0.15, 0.2) is 41.3 Å². The van der Waals surface area contributed by atoms with E-state index in [0.717, 1.165) is 5.56 Å². The first-order valence-corrected chi connectivity index (χ1v) is 5.92. The lowest BCUT2D eigenvalue weighted by molar-refractivity contribution is 0.612. The highest BCUT2D eigenvalue weighted by atomic mass is 79.9. The van der Waals surface area contributed by atoms with E-state index >= 15 is 0 Å². The number of rotatable bonds is 3. The summed E-state index contributed by atoms with van der Waals surface area (Å²) in [6.45, 7) is 0. The first kappa shape index (κ1) is 12.1. The van der Waals surface area contributed by atoms with Gasteiger partial charge < -0.3 is 5.73 Å². The lowest BCUT2D eigenvalue weighted by Gasteiger charge is -2.12. The van der Waals surface area contributed by atoms with Crippen molar-refractivity contribution in [2.24, 2.45) is 5.73 Å². The Morgan fingerprint density at radius 3 is 2.88 bits per heavy atom. The second-order valence-corrected chi connectivity index (χ2v) is 4.45. The smallest absolute Gasteiger partial charge is 0.137 e. The van der Waals surface area contributed by atoms with Crippen LogP contribution in [0.2, 0.25) is 0 Å². The summed E-state index contributed by atoms with van der Waals surface area (Å²) in [4.78, 5) is 8.09. The van der Waals surface area contributed by atoms with Gasteiger partial charge in [0.2, 0.25) is 0 Å². The Bertz CT molecular complexity index is 504. The largest absolute Gasteiger partial charge is 0.322 e. The zero-order chi connectivity index (χ0) is 12.3. The van der Waals surface area contributed by atoms with E-state index in [-0.39, 0.29) is 11.9 Å². The van der Waals surface area contributed by atoms with E-state index in [4.69, 9.17) is 5.73 Å². The highest BCUT2D eigenvalue weighted by molar-refractivity contribution is 9.10. The molecule has 5 heteroatoms. The van der Waals surface area contributed by atoms with E-state index in [0.29, 0.717) is 16.6 Å². The summed E-state index contributed by atoms with van der Waals surface area (Å²) in [5, 5.41) is 0. The summed E-state index contributed by atoms with van der Waals surface area (Å²) in [6, 6.07) is 4.62. The van der Waals surface area contributed by atoms with Gasteiger partial charge in [-0.05, 0) is 34.0 Å². The molecule has 2 aromatic rings. The van der Waals surface area contributed by atoms with Crippen LogP contribution in [0.25, 0.3) is 0 Å². The number of aromatic nitrogens is 2. The summed E-state index contributed by atoms with van der Waals surface area (Å²) < 4.78 is 13.8. The summed E-state index contributed by atoms with van der Waals surface area (Å²) in [7, 11) is 0. The second-order valence-electron chi connectivity index (χ2n) is 3.65. The van der Waals surface area contributed by atoms with E-state index in [1.807, 2.05) is 6.07 Å². The molecular formula is C12H11BrFN3. The van der Waals surface area contributed by atoms with Gasteiger partial charge in [0, 0.05) is 18.6 Å². The molecule has 2 N–H and O–H groups in total. The van der Waals surface area contributed by atoms with Gasteiger partial charge in [-0.1, -0.05) is 12.1 Å². The van der Waals surface area contributed by atoms with Crippen molar-refractivity contribution in [2.75, 3.05) is 0 Å². The molecule has 1 aromatic carbocycles. The van der Waals surface area contributed by atoms with Crippen molar-refractivity contribution in [3.63, 3.8) is 0 Å². The highest BCUT2D eigenvalue weighted by Gasteiger charge is 2.12. The molecule has 1 atom stereocenters. The quantitative estimate of drug-likeness (QED) is 0.947. The minimum absolute atomic E-state index is 0.283. The Kier molecular flexibility index (Phi) is 3.81. The molecule has 88 valence electrons. The molecule has 17 heavy (non-hydrogen) atoms. The van der Waals surface area contributed by atoms with Gasteiger partial charge in [-0.15, -0.1) is 0 Å². The molecule has 2 rings (SSSR count). The third kappa shape index (κ3) is 2.87. The third-order valence-electron chi connectivity index (χ3n) is 2.43. The van der Waals surface area contributed by atoms with E-state index in [2.05, 4.69) is 25.9 Å². The molecule has 0 amide bonds. The Hall–Kier alpha value is -1.33. The van der Waals surface area contributed by atoms with Crippen LogP contribution in [0.1, 0.15) is 17.3 Å². The molecule has 3 nitrogen and oxygen atoms in total. The van der Waals surface area contributed by atoms with Gasteiger partial charge in [0.1, 0.15) is 5.82 Å². The van der Waals surface area contributed by atoms with Crippen molar-refractivity contribution in [2.45, 2.75) is 12.5 Å². The van der Waals surface area contributed by atoms with Crippen LogP contribution in [0, 0.1) is 5.82 Å². The number of halogens is 2. The molecule has 0 radical (unpaired) electrons. The molecular weight excluding hydrogens is 285 g/mol. The van der Waals surface area contributed by atoms with Gasteiger partial charge in [-0.2, -0.15) is 0 Å². The fraction of sp³-hybridized carbons (Fsp3) is 0.167. The number of benzene rings is 1. The molecule has 0 fully saturated rings. The Morgan fingerprint density at radius 2 is 2.18 bits per heavy atom. The van der Waals surface area contributed by atoms with Gasteiger partial charge in [0.05, 0.1) is 16.2 Å². The fourth-order valence-corrected chi connectivity index (χ4v) is 1.98. The monoisotopic (exact) mass is 295 g/mol. The molecule has 0 saturated heterocycles. The first-order chi connectivity index (χ1) is 8.18. The molecule has 1 heterocycles. The number of nitrogens with zero attached hydrogens (tertiary/aromatic N) is 2. The SMILES string of the molecule is NC(Cc1cccc(F)c1Br)c1cnccn1. The zero-order valence-electron chi connectivity index (χ0n) is 8.98. The maximum absolute atomic E-state index is 13.3. The highest BCUT2D eigenvalue weighted by Crippen LogP contribution is 2.24. The summed E-state index contributed by atoms with van der Waals surface area (Å²) in [5.41, 5.74) is 7.52. The second kappa shape index (κ2) is 5.33. The zero-order valence-corrected chi connectivity index (χ0v) is 10.6. The number of nitrogens with two attached hydrogens (primary N) is 1. The van der Waals surface area contributed by atoms with E-state index in [1.54, 1.807) is 24.7 Å². The van der Waals surface area contributed by atoms with Gasteiger partial charge in [0.15, 0.2) is 0 Å². The molecule has 0 spiro atoms. The lowest BCUT2D eigenvalue weighted by atomic mass is 10.0. The summed E-state index contributed by atoms with van der Waals surface area (Å²) >= 11 is 3.21. The first-order valence-electron chi connectivity index (χ1n) is 5.13. The predicted molar refractivity (Wildman–Crippen MR) is 66.8 cm³/mol. The molecule has 0 aliphatic carbocycles. The summed E-state index contributed by atoms with van der Waals surface area (Å²) in [5.74, 6) is -0.283. The normalized spacial score (nSPS) is 12.4. The van der Waals surface area contributed by atoms with Gasteiger partial charge in [0.25, 0.3) is 0 Å². The van der Waals surface area contributed by atoms with Gasteiger partial charge >= 0.3 is 0 Å². The molecule has 0 bridgehead atoms. The van der Waals surface area contributed by atoms with Crippen LogP contribution in [-0.2, 0) is 6.42 Å². The lowest BCUT2D eigenvalue weighted by Crippen LogP contribution is -2.15. The molecule has 0 aliphatic rings. The van der Waals surface area contributed by atoms with Crippen LogP contribution in [0.3, 0.4) is 0 Å². The fourth-order valence-electron chi connectivity index (χ4n) is 1.55. The van der Waals surface area contributed by atoms with Crippen molar-refractivity contribution in [3.05, 3.63) is 58.3 Å². The molecule has 0 aliphatic heterocycles. The third-order valence-corrected chi connectivity index (χ3v) is 3.32. The average molecular weight is 296 g/mol. The van der Waals surface area contributed by atoms with E-state index in [9.17, 15) is 4.39 Å². The average Bonchev–Trinajstić information content (AvgIpc) is 2.36. The van der Waals surface area contributed by atoms with Gasteiger partial charge in [-0.3, -0.25) is 9.97 Å². The van der Waals surface area contributed by atoms with Crippen molar-refractivity contribution < 1.29 is 4.39 Å². The van der Waals surface area contributed by atoms with Crippen molar-refractivity contribution in [3.8, 4) is 0 Å². The van der Waals surface area contributed by atoms with Crippen LogP contribution in [0.5, 0.6) is 0 Å². The Labute approximate surface area is 107 Å².